The van der Waals surface area contributed by atoms with Crippen LogP contribution in [0.2, 0.25) is 5.02 Å². The number of piperidine rings is 1. The van der Waals surface area contributed by atoms with Gasteiger partial charge in [-0.1, -0.05) is 30.7 Å². The van der Waals surface area contributed by atoms with Gasteiger partial charge in [0.05, 0.1) is 25.2 Å². The van der Waals surface area contributed by atoms with E-state index in [4.69, 9.17) is 16.3 Å². The number of likely N-dealkylation sites (tertiary alicyclic amines) is 2. The number of amides is 2. The van der Waals surface area contributed by atoms with Crippen molar-refractivity contribution in [1.82, 2.24) is 14.7 Å². The van der Waals surface area contributed by atoms with Crippen LogP contribution in [0, 0.1) is 11.3 Å². The molecule has 2 atom stereocenters. The molecule has 2 amide bonds. The van der Waals surface area contributed by atoms with Gasteiger partial charge in [0, 0.05) is 51.2 Å². The van der Waals surface area contributed by atoms with E-state index in [0.717, 1.165) is 64.3 Å². The predicted octanol–water partition coefficient (Wildman–Crippen LogP) is 2.82. The third-order valence-electron chi connectivity index (χ3n) is 7.08. The second-order valence-corrected chi connectivity index (χ2v) is 9.78. The number of carbonyl (C=O) groups is 2. The van der Waals surface area contributed by atoms with Crippen LogP contribution in [0.15, 0.2) is 24.3 Å². The van der Waals surface area contributed by atoms with Crippen LogP contribution in [0.5, 0.6) is 0 Å². The molecule has 3 fully saturated rings. The van der Waals surface area contributed by atoms with Crippen molar-refractivity contribution in [2.75, 3.05) is 53.0 Å². The minimum Gasteiger partial charge on any atom is -0.379 e. The lowest BCUT2D eigenvalue weighted by atomic mass is 9.79. The zero-order valence-corrected chi connectivity index (χ0v) is 18.7. The van der Waals surface area contributed by atoms with Crippen LogP contribution in [-0.4, -0.2) is 79.5 Å². The minimum atomic E-state index is -0.343. The second kappa shape index (κ2) is 8.85. The van der Waals surface area contributed by atoms with E-state index >= 15 is 0 Å². The van der Waals surface area contributed by atoms with E-state index in [-0.39, 0.29) is 35.6 Å². The summed E-state index contributed by atoms with van der Waals surface area (Å²) in [6.45, 7) is 8.54. The van der Waals surface area contributed by atoms with Crippen LogP contribution in [0.25, 0.3) is 0 Å². The summed E-state index contributed by atoms with van der Waals surface area (Å²) in [7, 11) is 1.79. The van der Waals surface area contributed by atoms with Crippen molar-refractivity contribution < 1.29 is 14.3 Å². The number of carbonyl (C=O) groups excluding carboxylic acids is 2. The van der Waals surface area contributed by atoms with Crippen molar-refractivity contribution in [1.29, 1.82) is 0 Å². The highest BCUT2D eigenvalue weighted by Crippen LogP contribution is 2.40. The van der Waals surface area contributed by atoms with Crippen molar-refractivity contribution in [2.45, 2.75) is 32.2 Å². The molecule has 3 saturated heterocycles. The zero-order valence-electron chi connectivity index (χ0n) is 18.0. The van der Waals surface area contributed by atoms with Gasteiger partial charge in [-0.15, -0.1) is 0 Å². The monoisotopic (exact) mass is 433 g/mol. The Morgan fingerprint density at radius 2 is 1.90 bits per heavy atom. The van der Waals surface area contributed by atoms with E-state index in [1.54, 1.807) is 11.9 Å². The third-order valence-corrected chi connectivity index (χ3v) is 7.32. The molecule has 0 bridgehead atoms. The molecule has 0 aromatic heterocycles. The number of hydrogen-bond acceptors (Lipinski definition) is 4. The lowest BCUT2D eigenvalue weighted by Crippen LogP contribution is -2.50. The van der Waals surface area contributed by atoms with Crippen LogP contribution >= 0.6 is 11.6 Å². The lowest BCUT2D eigenvalue weighted by Gasteiger charge is -2.43. The number of halogens is 1. The van der Waals surface area contributed by atoms with E-state index in [9.17, 15) is 9.59 Å². The van der Waals surface area contributed by atoms with Gasteiger partial charge in [0.1, 0.15) is 0 Å². The van der Waals surface area contributed by atoms with Gasteiger partial charge in [0.15, 0.2) is 0 Å². The molecule has 1 aromatic carbocycles. The molecule has 1 aromatic rings. The highest BCUT2D eigenvalue weighted by atomic mass is 35.5. The Balaban J connectivity index is 1.42. The smallest absolute Gasteiger partial charge is 0.228 e. The molecule has 6 nitrogen and oxygen atoms in total. The molecule has 3 aliphatic heterocycles. The molecule has 3 aliphatic rings. The number of morpholine rings is 1. The van der Waals surface area contributed by atoms with E-state index in [1.165, 1.54) is 0 Å². The zero-order chi connectivity index (χ0) is 21.3. The fourth-order valence-corrected chi connectivity index (χ4v) is 5.40. The molecule has 4 rings (SSSR count). The molecule has 0 unspecified atom stereocenters. The maximum absolute atomic E-state index is 13.4. The van der Waals surface area contributed by atoms with E-state index in [2.05, 4.69) is 11.8 Å². The number of ether oxygens (including phenoxy) is 1. The molecular formula is C23H32ClN3O3. The van der Waals surface area contributed by atoms with Crippen LogP contribution in [0.4, 0.5) is 0 Å². The first-order valence-electron chi connectivity index (χ1n) is 11.0. The normalized spacial score (nSPS) is 27.5. The van der Waals surface area contributed by atoms with Gasteiger partial charge < -0.3 is 14.5 Å². The summed E-state index contributed by atoms with van der Waals surface area (Å²) in [5.74, 6) is -0.219. The van der Waals surface area contributed by atoms with Crippen molar-refractivity contribution in [3.05, 3.63) is 34.9 Å². The second-order valence-electron chi connectivity index (χ2n) is 9.34. The molecule has 164 valence electrons. The Labute approximate surface area is 184 Å². The maximum Gasteiger partial charge on any atom is 0.228 e. The molecular weight excluding hydrogens is 402 g/mol. The van der Waals surface area contributed by atoms with Gasteiger partial charge in [-0.05, 0) is 36.0 Å². The first kappa shape index (κ1) is 21.6. The molecule has 0 saturated carbocycles. The van der Waals surface area contributed by atoms with Gasteiger partial charge in [-0.25, -0.2) is 0 Å². The topological polar surface area (TPSA) is 53.1 Å². The SMILES string of the molecule is CN1C(=O)C[C@H](C(=O)N2CCC(C)(CN3CCOCC3)CC2)[C@@H]1c1cccc(Cl)c1. The van der Waals surface area contributed by atoms with Gasteiger partial charge in [0.25, 0.3) is 0 Å². The summed E-state index contributed by atoms with van der Waals surface area (Å²) in [5, 5.41) is 0.628. The van der Waals surface area contributed by atoms with Crippen molar-refractivity contribution in [3.63, 3.8) is 0 Å². The molecule has 30 heavy (non-hydrogen) atoms. The Morgan fingerprint density at radius 1 is 1.20 bits per heavy atom. The summed E-state index contributed by atoms with van der Waals surface area (Å²) in [4.78, 5) is 32.1. The van der Waals surface area contributed by atoms with E-state index in [1.807, 2.05) is 29.2 Å². The Morgan fingerprint density at radius 3 is 2.57 bits per heavy atom. The summed E-state index contributed by atoms with van der Waals surface area (Å²) < 4.78 is 5.46. The predicted molar refractivity (Wildman–Crippen MR) is 116 cm³/mol. The van der Waals surface area contributed by atoms with E-state index in [0.29, 0.717) is 5.02 Å². The van der Waals surface area contributed by atoms with Gasteiger partial charge in [-0.2, -0.15) is 0 Å². The average molecular weight is 434 g/mol. The average Bonchev–Trinajstić information content (AvgIpc) is 3.03. The molecule has 0 radical (unpaired) electrons. The minimum absolute atomic E-state index is 0.0208. The maximum atomic E-state index is 13.4. The van der Waals surface area contributed by atoms with Crippen molar-refractivity contribution in [2.24, 2.45) is 11.3 Å². The van der Waals surface area contributed by atoms with Crippen LogP contribution in [0.3, 0.4) is 0 Å². The number of hydrogen-bond donors (Lipinski definition) is 0. The highest BCUT2D eigenvalue weighted by Gasteiger charge is 2.45. The summed E-state index contributed by atoms with van der Waals surface area (Å²) in [6, 6.07) is 7.29. The standard InChI is InChI=1S/C23H32ClN3O3/c1-23(16-26-10-12-30-13-11-26)6-8-27(9-7-23)22(29)19-15-20(28)25(2)21(19)17-4-3-5-18(24)14-17/h3-5,14,19,21H,6-13,15-16H2,1-2H3/t19-,21-/m0/s1. The Hall–Kier alpha value is -1.63. The van der Waals surface area contributed by atoms with Gasteiger partial charge >= 0.3 is 0 Å². The summed E-state index contributed by atoms with van der Waals surface area (Å²) >= 11 is 6.18. The number of benzene rings is 1. The van der Waals surface area contributed by atoms with Crippen LogP contribution in [-0.2, 0) is 14.3 Å². The lowest BCUT2D eigenvalue weighted by molar-refractivity contribution is -0.139. The number of rotatable bonds is 4. The fourth-order valence-electron chi connectivity index (χ4n) is 5.20. The van der Waals surface area contributed by atoms with Crippen molar-refractivity contribution in [3.8, 4) is 0 Å². The molecule has 0 spiro atoms. The molecule has 0 aliphatic carbocycles. The third kappa shape index (κ3) is 4.51. The quantitative estimate of drug-likeness (QED) is 0.732. The van der Waals surface area contributed by atoms with Gasteiger partial charge in [-0.3, -0.25) is 14.5 Å². The van der Waals surface area contributed by atoms with Crippen LogP contribution in [0.1, 0.15) is 37.8 Å². The van der Waals surface area contributed by atoms with Crippen molar-refractivity contribution >= 4 is 23.4 Å². The highest BCUT2D eigenvalue weighted by molar-refractivity contribution is 6.30. The van der Waals surface area contributed by atoms with Crippen LogP contribution < -0.4 is 0 Å². The molecule has 0 N–H and O–H groups in total. The summed E-state index contributed by atoms with van der Waals surface area (Å²) in [6.07, 6.45) is 2.26. The largest absolute Gasteiger partial charge is 0.379 e. The first-order valence-corrected chi connectivity index (χ1v) is 11.3. The summed E-state index contributed by atoms with van der Waals surface area (Å²) in [5.41, 5.74) is 1.16. The van der Waals surface area contributed by atoms with E-state index < -0.39 is 0 Å². The van der Waals surface area contributed by atoms with Gasteiger partial charge in [0.2, 0.25) is 11.8 Å². The fraction of sp³-hybridized carbons (Fsp3) is 0.652. The number of nitrogens with zero attached hydrogens (tertiary/aromatic N) is 3. The first-order chi connectivity index (χ1) is 14.4. The Bertz CT molecular complexity index is 788. The molecule has 7 heteroatoms. The Kier molecular flexibility index (Phi) is 6.37. The molecule has 3 heterocycles.